The molecule has 1 aliphatic rings. The second-order valence-corrected chi connectivity index (χ2v) is 7.16. The summed E-state index contributed by atoms with van der Waals surface area (Å²) in [5.41, 5.74) is 0.752. The zero-order valence-electron chi connectivity index (χ0n) is 15.7. The van der Waals surface area contributed by atoms with Gasteiger partial charge in [0, 0.05) is 43.1 Å². The molecule has 0 bridgehead atoms. The quantitative estimate of drug-likeness (QED) is 0.693. The maximum atomic E-state index is 11.0. The molecule has 8 heteroatoms. The number of hydrogen-bond acceptors (Lipinski definition) is 6. The van der Waals surface area contributed by atoms with Crippen LogP contribution in [0.3, 0.4) is 0 Å². The van der Waals surface area contributed by atoms with Crippen LogP contribution in [0.1, 0.15) is 32.3 Å². The number of carbonyl (C=O) groups excluding carboxylic acids is 1. The second kappa shape index (κ2) is 8.93. The Balaban J connectivity index is 1.62. The van der Waals surface area contributed by atoms with Crippen LogP contribution in [0.25, 0.3) is 6.08 Å². The van der Waals surface area contributed by atoms with Crippen LogP contribution >= 0.6 is 11.6 Å². The number of rotatable bonds is 8. The van der Waals surface area contributed by atoms with Crippen LogP contribution in [-0.4, -0.2) is 33.6 Å². The third-order valence-electron chi connectivity index (χ3n) is 4.04. The van der Waals surface area contributed by atoms with E-state index in [1.54, 1.807) is 18.5 Å². The van der Waals surface area contributed by atoms with Crippen LogP contribution in [0.4, 0.5) is 0 Å². The van der Waals surface area contributed by atoms with Crippen LogP contribution in [0.15, 0.2) is 30.6 Å². The molecule has 1 saturated carbocycles. The Hall–Kier alpha value is -2.80. The SMILES string of the molecule is CC(=O)N[C@@H](C)C=Cc1cnc(Oc2cc(O)c(OCC3CC3)cc2Cl)nc1. The monoisotopic (exact) mass is 403 g/mol. The average molecular weight is 404 g/mol. The number of phenols is 1. The summed E-state index contributed by atoms with van der Waals surface area (Å²) in [5.74, 6) is 0.989. The van der Waals surface area contributed by atoms with Crippen LogP contribution in [0, 0.1) is 5.92 Å². The molecule has 7 nitrogen and oxygen atoms in total. The minimum Gasteiger partial charge on any atom is -0.504 e. The molecule has 1 amide bonds. The first kappa shape index (κ1) is 19.9. The largest absolute Gasteiger partial charge is 0.504 e. The van der Waals surface area contributed by atoms with Crippen molar-refractivity contribution < 1.29 is 19.4 Å². The van der Waals surface area contributed by atoms with Crippen LogP contribution in [0.5, 0.6) is 23.3 Å². The van der Waals surface area contributed by atoms with Gasteiger partial charge >= 0.3 is 6.01 Å². The van der Waals surface area contributed by atoms with E-state index in [-0.39, 0.29) is 29.5 Å². The Morgan fingerprint density at radius 1 is 1.36 bits per heavy atom. The Kier molecular flexibility index (Phi) is 6.36. The van der Waals surface area contributed by atoms with Gasteiger partial charge < -0.3 is 19.9 Å². The number of aromatic hydroxyl groups is 1. The highest BCUT2D eigenvalue weighted by atomic mass is 35.5. The van der Waals surface area contributed by atoms with Gasteiger partial charge in [0.15, 0.2) is 17.2 Å². The fourth-order valence-electron chi connectivity index (χ4n) is 2.40. The van der Waals surface area contributed by atoms with E-state index in [9.17, 15) is 9.90 Å². The third-order valence-corrected chi connectivity index (χ3v) is 4.34. The molecule has 2 aromatic rings. The van der Waals surface area contributed by atoms with Crippen molar-refractivity contribution in [3.63, 3.8) is 0 Å². The van der Waals surface area contributed by atoms with Crippen molar-refractivity contribution in [1.29, 1.82) is 0 Å². The summed E-state index contributed by atoms with van der Waals surface area (Å²) in [5, 5.41) is 13.2. The molecule has 0 spiro atoms. The molecule has 1 aliphatic carbocycles. The molecular weight excluding hydrogens is 382 g/mol. The van der Waals surface area contributed by atoms with Crippen LogP contribution < -0.4 is 14.8 Å². The van der Waals surface area contributed by atoms with Gasteiger partial charge in [0.2, 0.25) is 5.91 Å². The lowest BCUT2D eigenvalue weighted by molar-refractivity contribution is -0.119. The van der Waals surface area contributed by atoms with Crippen molar-refractivity contribution in [2.45, 2.75) is 32.7 Å². The molecule has 28 heavy (non-hydrogen) atoms. The summed E-state index contributed by atoms with van der Waals surface area (Å²) < 4.78 is 11.1. The molecule has 1 aromatic carbocycles. The van der Waals surface area contributed by atoms with E-state index in [4.69, 9.17) is 21.1 Å². The summed E-state index contributed by atoms with van der Waals surface area (Å²) in [6.07, 6.45) is 9.11. The minimum atomic E-state index is -0.101. The average Bonchev–Trinajstić information content (AvgIpc) is 3.46. The first-order chi connectivity index (χ1) is 13.4. The number of ether oxygens (including phenoxy) is 2. The molecule has 0 aliphatic heterocycles. The van der Waals surface area contributed by atoms with E-state index in [2.05, 4.69) is 15.3 Å². The second-order valence-electron chi connectivity index (χ2n) is 6.75. The van der Waals surface area contributed by atoms with E-state index >= 15 is 0 Å². The van der Waals surface area contributed by atoms with E-state index in [1.807, 2.05) is 13.0 Å². The molecule has 1 aromatic heterocycles. The summed E-state index contributed by atoms with van der Waals surface area (Å²) in [4.78, 5) is 19.3. The van der Waals surface area contributed by atoms with Crippen molar-refractivity contribution in [3.8, 4) is 23.3 Å². The van der Waals surface area contributed by atoms with Crippen LogP contribution in [0.2, 0.25) is 5.02 Å². The number of nitrogens with one attached hydrogen (secondary N) is 1. The molecule has 1 atom stereocenters. The predicted octanol–water partition coefficient (Wildman–Crippen LogP) is 3.95. The van der Waals surface area contributed by atoms with Gasteiger partial charge in [0.25, 0.3) is 0 Å². The standard InChI is InChI=1S/C20H22ClN3O4/c1-12(24-13(2)25)3-4-15-9-22-20(23-10-15)28-18-8-17(26)19(7-16(18)21)27-11-14-5-6-14/h3-4,7-10,12,14,26H,5-6,11H2,1-2H3,(H,24,25)/t12-/m0/s1. The van der Waals surface area contributed by atoms with Crippen molar-refractivity contribution >= 4 is 23.6 Å². The molecule has 1 fully saturated rings. The maximum absolute atomic E-state index is 11.0. The normalized spacial score (nSPS) is 14.7. The minimum absolute atomic E-state index is 0.0495. The van der Waals surface area contributed by atoms with Crippen molar-refractivity contribution in [3.05, 3.63) is 41.2 Å². The Bertz CT molecular complexity index is 866. The number of nitrogens with zero attached hydrogens (tertiary/aromatic N) is 2. The lowest BCUT2D eigenvalue weighted by Crippen LogP contribution is -2.28. The van der Waals surface area contributed by atoms with Gasteiger partial charge in [-0.05, 0) is 25.7 Å². The first-order valence-electron chi connectivity index (χ1n) is 9.01. The van der Waals surface area contributed by atoms with Crippen molar-refractivity contribution in [2.75, 3.05) is 6.61 Å². The number of phenolic OH excluding ortho intramolecular Hbond substituents is 1. The van der Waals surface area contributed by atoms with E-state index < -0.39 is 0 Å². The number of amides is 1. The van der Waals surface area contributed by atoms with Gasteiger partial charge in [-0.2, -0.15) is 0 Å². The molecule has 1 heterocycles. The molecule has 0 saturated heterocycles. The topological polar surface area (TPSA) is 93.6 Å². The van der Waals surface area contributed by atoms with Crippen molar-refractivity contribution in [2.24, 2.45) is 5.92 Å². The Morgan fingerprint density at radius 3 is 2.71 bits per heavy atom. The highest BCUT2D eigenvalue weighted by Crippen LogP contribution is 2.39. The number of halogens is 1. The highest BCUT2D eigenvalue weighted by molar-refractivity contribution is 6.32. The predicted molar refractivity (Wildman–Crippen MR) is 106 cm³/mol. The summed E-state index contributed by atoms with van der Waals surface area (Å²) in [6, 6.07) is 2.90. The fraction of sp³-hybridized carbons (Fsp3) is 0.350. The Labute approximate surface area is 168 Å². The summed E-state index contributed by atoms with van der Waals surface area (Å²) in [6.45, 7) is 3.90. The van der Waals surface area contributed by atoms with Gasteiger partial charge in [0.05, 0.1) is 11.6 Å². The lowest BCUT2D eigenvalue weighted by Gasteiger charge is -2.11. The maximum Gasteiger partial charge on any atom is 0.321 e. The molecular formula is C20H22ClN3O4. The highest BCUT2D eigenvalue weighted by Gasteiger charge is 2.23. The van der Waals surface area contributed by atoms with Gasteiger partial charge in [-0.15, -0.1) is 0 Å². The summed E-state index contributed by atoms with van der Waals surface area (Å²) >= 11 is 6.22. The van der Waals surface area contributed by atoms with Gasteiger partial charge in [-0.1, -0.05) is 23.8 Å². The lowest BCUT2D eigenvalue weighted by atomic mass is 10.2. The van der Waals surface area contributed by atoms with Gasteiger partial charge in [-0.3, -0.25) is 4.79 Å². The Morgan fingerprint density at radius 2 is 2.07 bits per heavy atom. The first-order valence-corrected chi connectivity index (χ1v) is 9.39. The van der Waals surface area contributed by atoms with Gasteiger partial charge in [0.1, 0.15) is 0 Å². The number of hydrogen-bond donors (Lipinski definition) is 2. The van der Waals surface area contributed by atoms with E-state index in [1.165, 1.54) is 19.1 Å². The molecule has 3 rings (SSSR count). The molecule has 148 valence electrons. The molecule has 0 unspecified atom stereocenters. The smallest absolute Gasteiger partial charge is 0.321 e. The van der Waals surface area contributed by atoms with E-state index in [0.29, 0.717) is 23.3 Å². The third kappa shape index (κ3) is 5.85. The van der Waals surface area contributed by atoms with Crippen LogP contribution in [-0.2, 0) is 4.79 Å². The molecule has 2 N–H and O–H groups in total. The molecule has 0 radical (unpaired) electrons. The zero-order chi connectivity index (χ0) is 20.1. The fourth-order valence-corrected chi connectivity index (χ4v) is 2.59. The number of carbonyl (C=O) groups is 1. The number of aromatic nitrogens is 2. The number of benzene rings is 1. The zero-order valence-corrected chi connectivity index (χ0v) is 16.4. The van der Waals surface area contributed by atoms with Gasteiger partial charge in [-0.25, -0.2) is 9.97 Å². The van der Waals surface area contributed by atoms with E-state index in [0.717, 1.165) is 18.4 Å². The van der Waals surface area contributed by atoms with Crippen molar-refractivity contribution in [1.82, 2.24) is 15.3 Å². The summed E-state index contributed by atoms with van der Waals surface area (Å²) in [7, 11) is 0.